The maximum atomic E-state index is 12.2. The molecule has 1 aromatic carbocycles. The number of hydrogen-bond acceptors (Lipinski definition) is 4. The number of benzene rings is 1. The Kier molecular flexibility index (Phi) is 6.11. The van der Waals surface area contributed by atoms with Crippen LogP contribution in [0, 0.1) is 6.92 Å². The lowest BCUT2D eigenvalue weighted by molar-refractivity contribution is 0.0946. The van der Waals surface area contributed by atoms with E-state index in [4.69, 9.17) is 0 Å². The molecule has 0 aliphatic rings. The average molecular weight is 312 g/mol. The minimum Gasteiger partial charge on any atom is -0.384 e. The predicted octanol–water partition coefficient (Wildman–Crippen LogP) is 2.29. The number of likely N-dealkylation sites (N-methyl/N-ethyl adjacent to an activating group) is 1. The standard InChI is InChI=1S/C18H24N4O/c1-14-5-4-6-15(11-14)13-21-18(23)17-12-16(7-8-20-17)19-9-10-22(2)3/h4-8,11-12H,9-10,13H2,1-3H3,(H,19,20)(H,21,23). The van der Waals surface area contributed by atoms with Gasteiger partial charge >= 0.3 is 0 Å². The molecule has 0 aliphatic heterocycles. The molecule has 1 heterocycles. The van der Waals surface area contributed by atoms with Crippen molar-refractivity contribution in [1.82, 2.24) is 15.2 Å². The number of hydrogen-bond donors (Lipinski definition) is 2. The van der Waals surface area contributed by atoms with Gasteiger partial charge in [0.2, 0.25) is 0 Å². The highest BCUT2D eigenvalue weighted by atomic mass is 16.1. The smallest absolute Gasteiger partial charge is 0.270 e. The van der Waals surface area contributed by atoms with E-state index in [-0.39, 0.29) is 5.91 Å². The Bertz CT molecular complexity index is 655. The van der Waals surface area contributed by atoms with E-state index in [1.165, 1.54) is 5.56 Å². The van der Waals surface area contributed by atoms with Crippen molar-refractivity contribution in [1.29, 1.82) is 0 Å². The largest absolute Gasteiger partial charge is 0.384 e. The number of nitrogens with zero attached hydrogens (tertiary/aromatic N) is 2. The van der Waals surface area contributed by atoms with E-state index >= 15 is 0 Å². The van der Waals surface area contributed by atoms with Gasteiger partial charge in [-0.2, -0.15) is 0 Å². The van der Waals surface area contributed by atoms with Gasteiger partial charge in [0.25, 0.3) is 5.91 Å². The summed E-state index contributed by atoms with van der Waals surface area (Å²) in [6.45, 7) is 4.29. The lowest BCUT2D eigenvalue weighted by atomic mass is 10.1. The van der Waals surface area contributed by atoms with E-state index in [0.29, 0.717) is 12.2 Å². The summed E-state index contributed by atoms with van der Waals surface area (Å²) in [5.74, 6) is -0.164. The van der Waals surface area contributed by atoms with E-state index < -0.39 is 0 Å². The van der Waals surface area contributed by atoms with Crippen LogP contribution < -0.4 is 10.6 Å². The molecule has 0 aliphatic carbocycles. The molecule has 0 spiro atoms. The molecule has 5 nitrogen and oxygen atoms in total. The molecular weight excluding hydrogens is 288 g/mol. The van der Waals surface area contributed by atoms with Crippen molar-refractivity contribution in [3.63, 3.8) is 0 Å². The van der Waals surface area contributed by atoms with Crippen LogP contribution in [-0.2, 0) is 6.54 Å². The molecule has 2 rings (SSSR count). The first-order chi connectivity index (χ1) is 11.0. The van der Waals surface area contributed by atoms with Crippen molar-refractivity contribution in [2.45, 2.75) is 13.5 Å². The van der Waals surface area contributed by atoms with Crippen LogP contribution in [0.25, 0.3) is 0 Å². The first kappa shape index (κ1) is 17.0. The van der Waals surface area contributed by atoms with Crippen molar-refractivity contribution in [2.24, 2.45) is 0 Å². The normalized spacial score (nSPS) is 10.6. The molecule has 122 valence electrons. The van der Waals surface area contributed by atoms with Gasteiger partial charge in [-0.15, -0.1) is 0 Å². The Balaban J connectivity index is 1.91. The lowest BCUT2D eigenvalue weighted by Crippen LogP contribution is -2.24. The highest BCUT2D eigenvalue weighted by Crippen LogP contribution is 2.08. The van der Waals surface area contributed by atoms with Gasteiger partial charge in [-0.1, -0.05) is 29.8 Å². The monoisotopic (exact) mass is 312 g/mol. The third kappa shape index (κ3) is 5.71. The molecule has 1 amide bonds. The minimum atomic E-state index is -0.164. The first-order valence-electron chi connectivity index (χ1n) is 7.73. The number of rotatable bonds is 7. The Hall–Kier alpha value is -2.40. The fourth-order valence-electron chi connectivity index (χ4n) is 2.18. The zero-order valence-corrected chi connectivity index (χ0v) is 14.0. The molecule has 0 radical (unpaired) electrons. The van der Waals surface area contributed by atoms with Gasteiger partial charge in [0.15, 0.2) is 0 Å². The fourth-order valence-corrected chi connectivity index (χ4v) is 2.18. The van der Waals surface area contributed by atoms with Crippen LogP contribution in [0.1, 0.15) is 21.6 Å². The zero-order chi connectivity index (χ0) is 16.7. The van der Waals surface area contributed by atoms with E-state index in [2.05, 4.69) is 26.6 Å². The highest BCUT2D eigenvalue weighted by molar-refractivity contribution is 5.93. The van der Waals surface area contributed by atoms with E-state index in [1.807, 2.05) is 45.3 Å². The van der Waals surface area contributed by atoms with Gasteiger partial charge in [0.1, 0.15) is 5.69 Å². The van der Waals surface area contributed by atoms with Gasteiger partial charge in [0, 0.05) is 31.5 Å². The SMILES string of the molecule is Cc1cccc(CNC(=O)c2cc(NCCN(C)C)ccn2)c1. The summed E-state index contributed by atoms with van der Waals surface area (Å²) < 4.78 is 0. The van der Waals surface area contributed by atoms with Crippen molar-refractivity contribution < 1.29 is 4.79 Å². The first-order valence-corrected chi connectivity index (χ1v) is 7.73. The molecule has 0 saturated carbocycles. The van der Waals surface area contributed by atoms with E-state index in [9.17, 15) is 4.79 Å². The maximum absolute atomic E-state index is 12.2. The number of pyridine rings is 1. The molecule has 0 fully saturated rings. The van der Waals surface area contributed by atoms with Crippen molar-refractivity contribution >= 4 is 11.6 Å². The number of aromatic nitrogens is 1. The van der Waals surface area contributed by atoms with Crippen LogP contribution in [0.5, 0.6) is 0 Å². The molecule has 1 aromatic heterocycles. The summed E-state index contributed by atoms with van der Waals surface area (Å²) in [5.41, 5.74) is 3.59. The fraction of sp³-hybridized carbons (Fsp3) is 0.333. The van der Waals surface area contributed by atoms with Crippen molar-refractivity contribution in [3.05, 3.63) is 59.4 Å². The number of nitrogens with one attached hydrogen (secondary N) is 2. The quantitative estimate of drug-likeness (QED) is 0.823. The second kappa shape index (κ2) is 8.29. The van der Waals surface area contributed by atoms with E-state index in [0.717, 1.165) is 24.3 Å². The second-order valence-corrected chi connectivity index (χ2v) is 5.83. The van der Waals surface area contributed by atoms with Gasteiger partial charge in [-0.05, 0) is 38.7 Å². The molecule has 0 atom stereocenters. The number of carbonyl (C=O) groups excluding carboxylic acids is 1. The Morgan fingerprint density at radius 1 is 1.22 bits per heavy atom. The van der Waals surface area contributed by atoms with Gasteiger partial charge < -0.3 is 15.5 Å². The predicted molar refractivity (Wildman–Crippen MR) is 93.6 cm³/mol. The van der Waals surface area contributed by atoms with Gasteiger partial charge in [0.05, 0.1) is 0 Å². The molecule has 2 N–H and O–H groups in total. The molecule has 0 unspecified atom stereocenters. The summed E-state index contributed by atoms with van der Waals surface area (Å²) >= 11 is 0. The van der Waals surface area contributed by atoms with Crippen molar-refractivity contribution in [3.8, 4) is 0 Å². The van der Waals surface area contributed by atoms with Crippen LogP contribution >= 0.6 is 0 Å². The zero-order valence-electron chi connectivity index (χ0n) is 14.0. The van der Waals surface area contributed by atoms with Crippen LogP contribution in [0.4, 0.5) is 5.69 Å². The van der Waals surface area contributed by atoms with Crippen LogP contribution in [0.15, 0.2) is 42.6 Å². The summed E-state index contributed by atoms with van der Waals surface area (Å²) in [7, 11) is 4.05. The summed E-state index contributed by atoms with van der Waals surface area (Å²) in [6.07, 6.45) is 1.65. The summed E-state index contributed by atoms with van der Waals surface area (Å²) in [6, 6.07) is 11.7. The molecule has 0 saturated heterocycles. The minimum absolute atomic E-state index is 0.164. The Morgan fingerprint density at radius 2 is 2.04 bits per heavy atom. The molecule has 2 aromatic rings. The third-order valence-corrected chi connectivity index (χ3v) is 3.42. The van der Waals surface area contributed by atoms with Gasteiger partial charge in [-0.25, -0.2) is 0 Å². The highest BCUT2D eigenvalue weighted by Gasteiger charge is 2.07. The Labute approximate surface area is 137 Å². The summed E-state index contributed by atoms with van der Waals surface area (Å²) in [5, 5.41) is 6.20. The van der Waals surface area contributed by atoms with Gasteiger partial charge in [-0.3, -0.25) is 9.78 Å². The molecule has 0 bridgehead atoms. The third-order valence-electron chi connectivity index (χ3n) is 3.42. The molecule has 23 heavy (non-hydrogen) atoms. The maximum Gasteiger partial charge on any atom is 0.270 e. The number of carbonyl (C=O) groups is 1. The van der Waals surface area contributed by atoms with Crippen molar-refractivity contribution in [2.75, 3.05) is 32.5 Å². The molecule has 5 heteroatoms. The number of anilines is 1. The Morgan fingerprint density at radius 3 is 2.78 bits per heavy atom. The average Bonchev–Trinajstić information content (AvgIpc) is 2.52. The molecular formula is C18H24N4O. The van der Waals surface area contributed by atoms with Crippen LogP contribution in [0.2, 0.25) is 0 Å². The van der Waals surface area contributed by atoms with Crippen LogP contribution in [0.3, 0.4) is 0 Å². The van der Waals surface area contributed by atoms with E-state index in [1.54, 1.807) is 12.3 Å². The topological polar surface area (TPSA) is 57.3 Å². The second-order valence-electron chi connectivity index (χ2n) is 5.83. The number of aryl methyl sites for hydroxylation is 1. The number of amides is 1. The van der Waals surface area contributed by atoms with Crippen LogP contribution in [-0.4, -0.2) is 43.0 Å². The summed E-state index contributed by atoms with van der Waals surface area (Å²) in [4.78, 5) is 18.5. The lowest BCUT2D eigenvalue weighted by Gasteiger charge is -2.12.